The van der Waals surface area contributed by atoms with Crippen molar-refractivity contribution in [2.75, 3.05) is 0 Å². The van der Waals surface area contributed by atoms with Crippen molar-refractivity contribution in [1.82, 2.24) is 0 Å². The topological polar surface area (TPSA) is 66.4 Å². The predicted molar refractivity (Wildman–Crippen MR) is 114 cm³/mol. The average Bonchev–Trinajstić information content (AvgIpc) is 2.66. The standard InChI is InChI=1S/C16H18I.C4HF8IO4S/c1-16(2,3)13-9-11-15(12-10-13)17-14-7-5-4-6-8-14;5-1(6,13)2(7,8)17-3(9,10)4(11,12)18(14,15)16/h4-12H,1-3H3;(H,14,15,16)/q+1;/p-1. The Balaban J connectivity index is 0.000000350. The van der Waals surface area contributed by atoms with Gasteiger partial charge in [-0.15, -0.1) is 0 Å². The summed E-state index contributed by atoms with van der Waals surface area (Å²) >= 11 is -0.426. The molecule has 0 fully saturated rings. The second-order valence-electron chi connectivity index (χ2n) is 7.75. The van der Waals surface area contributed by atoms with Crippen LogP contribution in [-0.2, 0) is 20.3 Å². The molecule has 2 aromatic rings. The number of alkyl halides is 9. The molecule has 0 spiro atoms. The van der Waals surface area contributed by atoms with Crippen molar-refractivity contribution in [3.8, 4) is 0 Å². The number of rotatable bonds is 7. The van der Waals surface area contributed by atoms with E-state index in [0.717, 1.165) is 0 Å². The summed E-state index contributed by atoms with van der Waals surface area (Å²) in [5, 5.41) is -6.65. The first-order chi connectivity index (χ1) is 15.5. The first kappa shape index (κ1) is 32.2. The minimum Gasteiger partial charge on any atom is -0.743 e. The van der Waals surface area contributed by atoms with E-state index in [4.69, 9.17) is 0 Å². The van der Waals surface area contributed by atoms with Crippen LogP contribution in [0.15, 0.2) is 54.6 Å². The molecule has 2 rings (SSSR count). The summed E-state index contributed by atoms with van der Waals surface area (Å²) in [6.45, 7) is 6.77. The Kier molecular flexibility index (Phi) is 10.4. The molecule has 35 heavy (non-hydrogen) atoms. The first-order valence-corrected chi connectivity index (χ1v) is 13.8. The lowest BCUT2D eigenvalue weighted by Gasteiger charge is -2.31. The third kappa shape index (κ3) is 8.92. The van der Waals surface area contributed by atoms with Crippen molar-refractivity contribution in [2.24, 2.45) is 0 Å². The van der Waals surface area contributed by atoms with Gasteiger partial charge in [-0.3, -0.25) is 0 Å². The second kappa shape index (κ2) is 11.3. The van der Waals surface area contributed by atoms with Gasteiger partial charge in [-0.05, 0) is 35.2 Å². The third-order valence-electron chi connectivity index (χ3n) is 3.90. The monoisotopic (exact) mass is 760 g/mol. The Morgan fingerprint density at radius 2 is 1.20 bits per heavy atom. The highest BCUT2D eigenvalue weighted by molar-refractivity contribution is 14.1. The van der Waals surface area contributed by atoms with E-state index in [1.807, 2.05) is 4.74 Å². The lowest BCUT2D eigenvalue weighted by Crippen LogP contribution is -3.61. The fourth-order valence-corrected chi connectivity index (χ4v) is 4.70. The minimum absolute atomic E-state index is 0.0208. The zero-order chi connectivity index (χ0) is 27.5. The van der Waals surface area contributed by atoms with E-state index in [1.54, 1.807) is 0 Å². The molecule has 0 aliphatic rings. The molecule has 0 atom stereocenters. The van der Waals surface area contributed by atoms with Crippen molar-refractivity contribution >= 4 is 32.7 Å². The van der Waals surface area contributed by atoms with Crippen LogP contribution in [0, 0.1) is 7.14 Å². The molecule has 15 heteroatoms. The van der Waals surface area contributed by atoms with Gasteiger partial charge in [-0.1, -0.05) is 51.1 Å². The van der Waals surface area contributed by atoms with Gasteiger partial charge in [0.2, 0.25) is 0 Å². The minimum atomic E-state index is -7.12. The van der Waals surface area contributed by atoms with Crippen molar-refractivity contribution < 1.29 is 74.0 Å². The van der Waals surface area contributed by atoms with Gasteiger partial charge in [-0.25, -0.2) is 13.2 Å². The second-order valence-corrected chi connectivity index (χ2v) is 13.6. The maximum absolute atomic E-state index is 12.4. The van der Waals surface area contributed by atoms with E-state index >= 15 is 0 Å². The fraction of sp³-hybridized carbons (Fsp3) is 0.400. The van der Waals surface area contributed by atoms with E-state index in [9.17, 15) is 48.1 Å². The molecule has 0 aromatic heterocycles. The van der Waals surface area contributed by atoms with Crippen molar-refractivity contribution in [3.63, 3.8) is 0 Å². The normalized spacial score (nSPS) is 13.7. The van der Waals surface area contributed by atoms with Crippen molar-refractivity contribution in [3.05, 3.63) is 67.3 Å². The largest absolute Gasteiger partial charge is 0.743 e. The van der Waals surface area contributed by atoms with Crippen LogP contribution in [0.5, 0.6) is 0 Å². The van der Waals surface area contributed by atoms with Gasteiger partial charge in [0, 0.05) is 22.6 Å². The summed E-state index contributed by atoms with van der Waals surface area (Å²) in [6.07, 6.45) is -12.8. The third-order valence-corrected chi connectivity index (χ3v) is 8.08. The Bertz CT molecular complexity index is 1070. The molecule has 0 unspecified atom stereocenters. The Labute approximate surface area is 220 Å². The summed E-state index contributed by atoms with van der Waals surface area (Å²) in [5.74, 6) is 0. The highest BCUT2D eigenvalue weighted by atomic mass is 127. The van der Waals surface area contributed by atoms with Crippen LogP contribution in [0.4, 0.5) is 35.1 Å². The van der Waals surface area contributed by atoms with Gasteiger partial charge < -0.3 is 4.55 Å². The molecule has 198 valence electrons. The fourth-order valence-electron chi connectivity index (χ4n) is 2.04. The molecule has 0 bridgehead atoms. The number of benzene rings is 2. The lowest BCUT2D eigenvalue weighted by molar-refractivity contribution is -0.597. The van der Waals surface area contributed by atoms with Crippen LogP contribution in [-0.4, -0.2) is 34.4 Å². The molecule has 0 amide bonds. The number of ether oxygens (including phenoxy) is 1. The molecular weight excluding hydrogens is 742 g/mol. The first-order valence-electron chi connectivity index (χ1n) is 9.17. The van der Waals surface area contributed by atoms with Gasteiger partial charge in [0.25, 0.3) is 0 Å². The summed E-state index contributed by atoms with van der Waals surface area (Å²) in [7, 11) is -7.12. The van der Waals surface area contributed by atoms with Crippen molar-refractivity contribution in [1.29, 1.82) is 0 Å². The van der Waals surface area contributed by atoms with E-state index in [0.29, 0.717) is 0 Å². The number of halogens is 10. The zero-order valence-electron chi connectivity index (χ0n) is 18.0. The number of hydrogen-bond acceptors (Lipinski definition) is 4. The van der Waals surface area contributed by atoms with E-state index in [2.05, 4.69) is 75.4 Å². The van der Waals surface area contributed by atoms with Gasteiger partial charge in [0.1, 0.15) is 0 Å². The summed E-state index contributed by atoms with van der Waals surface area (Å²) < 4.78 is 126. The summed E-state index contributed by atoms with van der Waals surface area (Å²) in [4.78, 5) is 0. The summed E-state index contributed by atoms with van der Waals surface area (Å²) in [6, 6.07) is 19.9. The van der Waals surface area contributed by atoms with Crippen LogP contribution in [0.2, 0.25) is 0 Å². The maximum atomic E-state index is 12.4. The molecule has 0 aliphatic carbocycles. The van der Waals surface area contributed by atoms with Gasteiger partial charge in [0.05, 0.1) is 0 Å². The predicted octanol–water partition coefficient (Wildman–Crippen LogP) is 3.47. The van der Waals surface area contributed by atoms with Crippen molar-refractivity contribution in [2.45, 2.75) is 47.6 Å². The molecular formula is C20H18F8I2O4S. The van der Waals surface area contributed by atoms with Crippen LogP contribution in [0.25, 0.3) is 0 Å². The van der Waals surface area contributed by atoms with Crippen LogP contribution in [0.3, 0.4) is 0 Å². The quantitative estimate of drug-likeness (QED) is 0.188. The molecule has 2 aromatic carbocycles. The van der Waals surface area contributed by atoms with Crippen LogP contribution in [0.1, 0.15) is 26.3 Å². The molecule has 0 aliphatic heterocycles. The zero-order valence-corrected chi connectivity index (χ0v) is 23.1. The average molecular weight is 760 g/mol. The van der Waals surface area contributed by atoms with Gasteiger partial charge in [0.15, 0.2) is 17.3 Å². The number of hydrogen-bond donors (Lipinski definition) is 0. The molecule has 0 heterocycles. The summed E-state index contributed by atoms with van der Waals surface area (Å²) in [5.41, 5.74) is 1.67. The molecule has 0 radical (unpaired) electrons. The maximum Gasteiger partial charge on any atom is 0.438 e. The van der Waals surface area contributed by atoms with Gasteiger partial charge in [-0.2, -0.15) is 35.1 Å². The smallest absolute Gasteiger partial charge is 0.438 e. The molecule has 4 nitrogen and oxygen atoms in total. The van der Waals surface area contributed by atoms with E-state index < -0.39 is 54.1 Å². The van der Waals surface area contributed by atoms with Gasteiger partial charge >= 0.3 is 42.6 Å². The molecule has 0 saturated heterocycles. The lowest BCUT2D eigenvalue weighted by atomic mass is 9.87. The van der Waals surface area contributed by atoms with E-state index in [1.165, 1.54) is 12.7 Å². The van der Waals surface area contributed by atoms with Crippen LogP contribution < -0.4 is 21.2 Å². The Morgan fingerprint density at radius 3 is 1.57 bits per heavy atom. The highest BCUT2D eigenvalue weighted by Crippen LogP contribution is 2.48. The SMILES string of the molecule is CC(C)(C)c1ccc([I+]c2ccccc2)cc1.O=S(=O)([O-])C(F)(F)C(F)(F)OC(F)(F)C(F)(F)I. The molecule has 0 saturated carbocycles. The van der Waals surface area contributed by atoms with Crippen LogP contribution >= 0.6 is 22.6 Å². The van der Waals surface area contributed by atoms with E-state index in [-0.39, 0.29) is 26.6 Å². The Morgan fingerprint density at radius 1 is 0.771 bits per heavy atom. The highest BCUT2D eigenvalue weighted by Gasteiger charge is 2.71. The Hall–Kier alpha value is -0.790. The molecule has 0 N–H and O–H groups in total.